The Balaban J connectivity index is 2.39. The summed E-state index contributed by atoms with van der Waals surface area (Å²) >= 11 is 0. The van der Waals surface area contributed by atoms with E-state index in [4.69, 9.17) is 10.5 Å². The van der Waals surface area contributed by atoms with Crippen molar-refractivity contribution in [2.75, 3.05) is 33.9 Å². The zero-order valence-electron chi connectivity index (χ0n) is 11.5. The van der Waals surface area contributed by atoms with Crippen molar-refractivity contribution in [2.45, 2.75) is 18.9 Å². The first-order valence-corrected chi connectivity index (χ1v) is 6.42. The number of hydrogen-bond donors (Lipinski definition) is 1. The molecule has 19 heavy (non-hydrogen) atoms. The van der Waals surface area contributed by atoms with Gasteiger partial charge in [0.05, 0.1) is 0 Å². The van der Waals surface area contributed by atoms with Gasteiger partial charge in [0.2, 0.25) is 0 Å². The normalized spacial score (nSPS) is 12.9. The zero-order chi connectivity index (χ0) is 14.3. The third kappa shape index (κ3) is 6.09. The van der Waals surface area contributed by atoms with Crippen molar-refractivity contribution in [3.8, 4) is 0 Å². The second kappa shape index (κ2) is 8.19. The van der Waals surface area contributed by atoms with E-state index in [9.17, 15) is 8.78 Å². The fraction of sp³-hybridized carbons (Fsp3) is 0.571. The second-order valence-electron chi connectivity index (χ2n) is 4.75. The summed E-state index contributed by atoms with van der Waals surface area (Å²) in [7, 11) is 3.67. The molecule has 5 heteroatoms. The molecule has 2 N–H and O–H groups in total. The number of benzene rings is 1. The molecule has 0 fully saturated rings. The molecule has 1 atom stereocenters. The molecule has 0 aliphatic rings. The molecule has 0 aliphatic carbocycles. The average Bonchev–Trinajstić information content (AvgIpc) is 2.35. The molecule has 0 heterocycles. The molecular weight excluding hydrogens is 250 g/mol. The lowest BCUT2D eigenvalue weighted by atomic mass is 10.0. The van der Waals surface area contributed by atoms with Crippen molar-refractivity contribution in [1.29, 1.82) is 0 Å². The maximum atomic E-state index is 13.1. The van der Waals surface area contributed by atoms with Crippen molar-refractivity contribution in [1.82, 2.24) is 4.90 Å². The quantitative estimate of drug-likeness (QED) is 0.738. The van der Waals surface area contributed by atoms with Crippen LogP contribution in [0.5, 0.6) is 0 Å². The molecule has 1 unspecified atom stereocenters. The molecule has 0 aromatic heterocycles. The van der Waals surface area contributed by atoms with Crippen molar-refractivity contribution < 1.29 is 13.5 Å². The first-order chi connectivity index (χ1) is 9.02. The third-order valence-corrected chi connectivity index (χ3v) is 3.02. The van der Waals surface area contributed by atoms with Gasteiger partial charge in [0.15, 0.2) is 0 Å². The number of hydrogen-bond acceptors (Lipinski definition) is 3. The largest absolute Gasteiger partial charge is 0.385 e. The Labute approximate surface area is 113 Å². The van der Waals surface area contributed by atoms with E-state index in [0.29, 0.717) is 12.0 Å². The number of methoxy groups -OCH3 is 1. The molecule has 1 rings (SSSR count). The molecule has 0 aliphatic heterocycles. The van der Waals surface area contributed by atoms with Gasteiger partial charge >= 0.3 is 0 Å². The fourth-order valence-corrected chi connectivity index (χ4v) is 1.91. The average molecular weight is 272 g/mol. The Morgan fingerprint density at radius 2 is 1.84 bits per heavy atom. The monoisotopic (exact) mass is 272 g/mol. The van der Waals surface area contributed by atoms with Crippen molar-refractivity contribution in [2.24, 2.45) is 5.73 Å². The van der Waals surface area contributed by atoms with E-state index in [2.05, 4.69) is 4.90 Å². The van der Waals surface area contributed by atoms with Crippen molar-refractivity contribution in [3.05, 3.63) is 35.4 Å². The van der Waals surface area contributed by atoms with Crippen LogP contribution < -0.4 is 5.73 Å². The van der Waals surface area contributed by atoms with E-state index in [-0.39, 0.29) is 6.04 Å². The van der Waals surface area contributed by atoms with E-state index in [1.54, 1.807) is 7.11 Å². The van der Waals surface area contributed by atoms with Crippen LogP contribution in [0.15, 0.2) is 18.2 Å². The molecule has 3 nitrogen and oxygen atoms in total. The van der Waals surface area contributed by atoms with Gasteiger partial charge in [-0.1, -0.05) is 0 Å². The second-order valence-corrected chi connectivity index (χ2v) is 4.75. The van der Waals surface area contributed by atoms with Crippen LogP contribution in [0.3, 0.4) is 0 Å². The Hall–Kier alpha value is -1.04. The highest BCUT2D eigenvalue weighted by atomic mass is 19.1. The molecule has 0 spiro atoms. The number of ether oxygens (including phenoxy) is 1. The van der Waals surface area contributed by atoms with Gasteiger partial charge in [0.25, 0.3) is 0 Å². The third-order valence-electron chi connectivity index (χ3n) is 3.02. The molecule has 0 amide bonds. The van der Waals surface area contributed by atoms with Crippen LogP contribution in [0.1, 0.15) is 24.4 Å². The predicted octanol–water partition coefficient (Wildman–Crippen LogP) is 2.32. The maximum absolute atomic E-state index is 13.1. The summed E-state index contributed by atoms with van der Waals surface area (Å²) in [5, 5.41) is 0. The van der Waals surface area contributed by atoms with Gasteiger partial charge in [-0.15, -0.1) is 0 Å². The first kappa shape index (κ1) is 16.0. The molecule has 0 radical (unpaired) electrons. The van der Waals surface area contributed by atoms with Gasteiger partial charge in [-0.05, 0) is 44.1 Å². The lowest BCUT2D eigenvalue weighted by Crippen LogP contribution is -2.25. The van der Waals surface area contributed by atoms with Crippen LogP contribution in [-0.4, -0.2) is 38.8 Å². The standard InChI is InChI=1S/C14H22F2N2O/c1-18(5-3-7-19-2)6-4-14(17)11-8-12(15)10-13(16)9-11/h8-10,14H,3-7,17H2,1-2H3. The highest BCUT2D eigenvalue weighted by molar-refractivity contribution is 5.21. The van der Waals surface area contributed by atoms with Gasteiger partial charge in [0, 0.05) is 32.4 Å². The lowest BCUT2D eigenvalue weighted by molar-refractivity contribution is 0.178. The van der Waals surface area contributed by atoms with Crippen LogP contribution in [0.2, 0.25) is 0 Å². The minimum Gasteiger partial charge on any atom is -0.385 e. The zero-order valence-corrected chi connectivity index (χ0v) is 11.5. The molecule has 1 aromatic rings. The van der Waals surface area contributed by atoms with E-state index in [0.717, 1.165) is 32.2 Å². The minimum atomic E-state index is -0.584. The fourth-order valence-electron chi connectivity index (χ4n) is 1.91. The van der Waals surface area contributed by atoms with Crippen molar-refractivity contribution in [3.63, 3.8) is 0 Å². The summed E-state index contributed by atoms with van der Waals surface area (Å²) in [6.07, 6.45) is 1.61. The van der Waals surface area contributed by atoms with Crippen LogP contribution in [0.25, 0.3) is 0 Å². The Bertz CT molecular complexity index is 367. The number of nitrogens with two attached hydrogens (primary N) is 1. The molecular formula is C14H22F2N2O. The molecule has 1 aromatic carbocycles. The van der Waals surface area contributed by atoms with E-state index < -0.39 is 11.6 Å². The van der Waals surface area contributed by atoms with Gasteiger partial charge in [0.1, 0.15) is 11.6 Å². The highest BCUT2D eigenvalue weighted by Crippen LogP contribution is 2.17. The summed E-state index contributed by atoms with van der Waals surface area (Å²) in [6, 6.07) is 3.08. The van der Waals surface area contributed by atoms with Gasteiger partial charge < -0.3 is 15.4 Å². The molecule has 0 saturated carbocycles. The predicted molar refractivity (Wildman–Crippen MR) is 71.9 cm³/mol. The van der Waals surface area contributed by atoms with Crippen molar-refractivity contribution >= 4 is 0 Å². The summed E-state index contributed by atoms with van der Waals surface area (Å²) in [6.45, 7) is 2.42. The van der Waals surface area contributed by atoms with Gasteiger partial charge in [-0.2, -0.15) is 0 Å². The van der Waals surface area contributed by atoms with Crippen LogP contribution >= 0.6 is 0 Å². The SMILES string of the molecule is COCCCN(C)CCC(N)c1cc(F)cc(F)c1. The minimum absolute atomic E-state index is 0.352. The van der Waals surface area contributed by atoms with Crippen LogP contribution in [0.4, 0.5) is 8.78 Å². The Morgan fingerprint density at radius 1 is 1.21 bits per heavy atom. The maximum Gasteiger partial charge on any atom is 0.126 e. The lowest BCUT2D eigenvalue weighted by Gasteiger charge is -2.19. The van der Waals surface area contributed by atoms with Gasteiger partial charge in [-0.3, -0.25) is 0 Å². The molecule has 0 saturated heterocycles. The number of nitrogens with zero attached hydrogens (tertiary/aromatic N) is 1. The van der Waals surface area contributed by atoms with E-state index >= 15 is 0 Å². The molecule has 0 bridgehead atoms. The Morgan fingerprint density at radius 3 is 2.42 bits per heavy atom. The summed E-state index contributed by atoms with van der Waals surface area (Å²) in [5.74, 6) is -1.17. The molecule has 108 valence electrons. The van der Waals surface area contributed by atoms with Crippen LogP contribution in [0, 0.1) is 11.6 Å². The Kier molecular flexibility index (Phi) is 6.91. The van der Waals surface area contributed by atoms with Crippen LogP contribution in [-0.2, 0) is 4.74 Å². The van der Waals surface area contributed by atoms with E-state index in [1.165, 1.54) is 12.1 Å². The van der Waals surface area contributed by atoms with E-state index in [1.807, 2.05) is 7.05 Å². The highest BCUT2D eigenvalue weighted by Gasteiger charge is 2.10. The number of rotatable bonds is 8. The summed E-state index contributed by atoms with van der Waals surface area (Å²) in [5.41, 5.74) is 6.45. The first-order valence-electron chi connectivity index (χ1n) is 6.42. The topological polar surface area (TPSA) is 38.5 Å². The smallest absolute Gasteiger partial charge is 0.126 e. The summed E-state index contributed by atoms with van der Waals surface area (Å²) < 4.78 is 31.1. The number of halogens is 2. The van der Waals surface area contributed by atoms with Gasteiger partial charge in [-0.25, -0.2) is 8.78 Å². The summed E-state index contributed by atoms with van der Waals surface area (Å²) in [4.78, 5) is 2.13.